The molecular weight excluding hydrogens is 1730 g/mol. The molecule has 638 valence electrons. The molecule has 134 heavy (non-hydrogen) atoms. The van der Waals surface area contributed by atoms with Crippen molar-refractivity contribution in [3.05, 3.63) is 386 Å². The van der Waals surface area contributed by atoms with Gasteiger partial charge in [-0.1, -0.05) is 66.7 Å². The summed E-state index contributed by atoms with van der Waals surface area (Å²) in [7, 11) is 0. The molecule has 0 spiro atoms. The summed E-state index contributed by atoms with van der Waals surface area (Å²) in [6.45, 7) is 73.4. The van der Waals surface area contributed by atoms with Crippen LogP contribution in [-0.4, -0.2) is 33.9 Å². The maximum atomic E-state index is 16.4. The summed E-state index contributed by atoms with van der Waals surface area (Å²) < 4.78 is 164. The van der Waals surface area contributed by atoms with Crippen LogP contribution in [0.1, 0.15) is 119 Å². The lowest BCUT2D eigenvalue weighted by molar-refractivity contribution is -0.275. The Morgan fingerprint density at radius 3 is 1.08 bits per heavy atom. The Kier molecular flexibility index (Phi) is 24.8. The van der Waals surface area contributed by atoms with E-state index < -0.39 is 149 Å². The van der Waals surface area contributed by atoms with Gasteiger partial charge in [-0.2, -0.15) is 21.0 Å². The number of hydrogen-bond donors (Lipinski definition) is 0. The minimum atomic E-state index is -5.24. The summed E-state index contributed by atoms with van der Waals surface area (Å²) in [6.07, 6.45) is -4.78. The van der Waals surface area contributed by atoms with Gasteiger partial charge in [0, 0.05) is 85.3 Å². The Bertz CT molecular complexity index is 7560. The van der Waals surface area contributed by atoms with E-state index in [9.17, 15) is 68.4 Å². The standard InChI is InChI=1S/C38H30N4O2.C34H8F8N6O2.C30H8F2N8/c1-37(2,3)43-25-13-9-23(10-14-25)34-27(17-18-39)28-19-30-31(20-29(28)32(34)21-40)36(42-8)35(33(30)22-41-7)24-11-15-26(16-12-24)44-38(4,5)6;1-46-20(13-44)25-27-23(16-7-5-9-18(11-16)50-34(40,41)42)28-26(21(14-45)47-2)31(36)32(48-3)29(28)22(24(27)19(12-43)30(25)35)15-6-4-8-17(10-15)49-33(37,38)39;1-36-18(13-34)23-25-20(15(12-33)28(23)31)21(16-8-4-6-10-39-16)27-26(22(25)17-9-5-7-11-40-17)24(19(14-35)37-2)29(32)30(27)38-3/h9-17,19-20,22H,1-6H3;4-11H;4-11H/b27-17-,33-22-;25-20+,26-21-;23-18+,24-19-. The SMILES string of the molecule is [C-]#[N+]/C=C1\C(c2ccc(OC(C)(C)C)cc2)=C([N+]#[C-])c2cc3c(cc21)/C(=C/C#N)C(c1ccc(OC(C)(C)C)cc1)=C3C#N.[C-]#[N+]C1=C(F)/C(=C(/C#N)[N+]#[C-])c2c1c(-c1cccc(OC(F)(F)F)c1)c1c(c2-c2cccc(OC(F)(F)F)c2)/C(=C(/C#N)[N+]#[C-])C(F)=C1C#N.[C-]#[N+]C1=C(F)/C(=C(/C#N)[N+]#[C-])c2c1c(-c1ccccn1)c1c(c2-c2ccccn2)/C(=C(/C#N)[N+]#[C-])C(F)=C1C#N. The summed E-state index contributed by atoms with van der Waals surface area (Å²) in [5.41, 5.74) is -6.78. The number of fused-ring (bicyclic) bond motifs is 6. The van der Waals surface area contributed by atoms with E-state index >= 15 is 17.6 Å². The van der Waals surface area contributed by atoms with Crippen molar-refractivity contribution in [2.75, 3.05) is 0 Å². The first-order valence-corrected chi connectivity index (χ1v) is 38.5. The van der Waals surface area contributed by atoms with Gasteiger partial charge in [-0.25, -0.2) is 77.4 Å². The van der Waals surface area contributed by atoms with Gasteiger partial charge in [-0.15, -0.1) is 26.3 Å². The van der Waals surface area contributed by atoms with E-state index in [0.717, 1.165) is 59.7 Å². The summed E-state index contributed by atoms with van der Waals surface area (Å²) in [6, 6.07) is 49.7. The molecule has 9 aromatic rings. The second-order valence-corrected chi connectivity index (χ2v) is 30.5. The van der Waals surface area contributed by atoms with E-state index in [2.05, 4.69) is 70.3 Å². The van der Waals surface area contributed by atoms with Crippen molar-refractivity contribution in [3.8, 4) is 116 Å². The zero-order valence-corrected chi connectivity index (χ0v) is 69.6. The molecule has 0 saturated heterocycles. The topological polar surface area (TPSA) is 288 Å². The second kappa shape index (κ2) is 36.2. The predicted molar refractivity (Wildman–Crippen MR) is 471 cm³/mol. The average molecular weight is 1780 g/mol. The number of pyridine rings is 2. The maximum Gasteiger partial charge on any atom is 0.573 e. The van der Waals surface area contributed by atoms with Gasteiger partial charge in [0.15, 0.2) is 6.20 Å². The summed E-state index contributed by atoms with van der Waals surface area (Å²) >= 11 is 0. The van der Waals surface area contributed by atoms with Crippen LogP contribution >= 0.6 is 0 Å². The first kappa shape index (κ1) is 91.7. The number of halogens is 10. The second-order valence-electron chi connectivity index (χ2n) is 30.5. The fourth-order valence-corrected chi connectivity index (χ4v) is 16.1. The van der Waals surface area contributed by atoms with Crippen molar-refractivity contribution in [3.63, 3.8) is 0 Å². The summed E-state index contributed by atoms with van der Waals surface area (Å²) in [4.78, 5) is 35.1. The number of nitriles is 8. The molecule has 15 rings (SSSR count). The van der Waals surface area contributed by atoms with Crippen LogP contribution in [0.3, 0.4) is 0 Å². The summed E-state index contributed by atoms with van der Waals surface area (Å²) in [5.74, 6) is -5.69. The molecule has 0 bridgehead atoms. The highest BCUT2D eigenvalue weighted by molar-refractivity contribution is 6.29. The number of aromatic nitrogens is 2. The highest BCUT2D eigenvalue weighted by atomic mass is 19.4. The van der Waals surface area contributed by atoms with Gasteiger partial charge in [0.1, 0.15) is 75.7 Å². The molecule has 22 nitrogen and oxygen atoms in total. The van der Waals surface area contributed by atoms with Crippen LogP contribution in [0, 0.1) is 143 Å². The molecular formula is C102H46F10N18O4. The van der Waals surface area contributed by atoms with Crippen molar-refractivity contribution < 1.29 is 62.9 Å². The molecule has 0 fully saturated rings. The number of ether oxygens (including phenoxy) is 4. The maximum absolute atomic E-state index is 16.4. The Morgan fingerprint density at radius 1 is 0.343 bits per heavy atom. The minimum absolute atomic E-state index is 0.0207. The van der Waals surface area contributed by atoms with E-state index in [0.29, 0.717) is 67.3 Å². The third kappa shape index (κ3) is 16.4. The zero-order valence-electron chi connectivity index (χ0n) is 69.6. The van der Waals surface area contributed by atoms with Crippen LogP contribution in [0.25, 0.3) is 162 Å². The molecule has 0 radical (unpaired) electrons. The normalized spacial score (nSPS) is 15.6. The van der Waals surface area contributed by atoms with E-state index in [1.807, 2.05) is 102 Å². The zero-order chi connectivity index (χ0) is 97.1. The number of allylic oxidation sites excluding steroid dienone is 20. The molecule has 6 aliphatic carbocycles. The molecule has 0 unspecified atom stereocenters. The number of benzene rings is 7. The van der Waals surface area contributed by atoms with Crippen LogP contribution in [0.4, 0.5) is 43.9 Å². The number of nitrogens with zero attached hydrogens (tertiary/aromatic N) is 18. The Balaban J connectivity index is 0.000000171. The van der Waals surface area contributed by atoms with Crippen LogP contribution in [0.5, 0.6) is 23.0 Å². The van der Waals surface area contributed by atoms with Gasteiger partial charge < -0.3 is 18.9 Å². The highest BCUT2D eigenvalue weighted by Gasteiger charge is 2.48. The third-order valence-electron chi connectivity index (χ3n) is 20.6. The van der Waals surface area contributed by atoms with Gasteiger partial charge >= 0.3 is 12.7 Å². The predicted octanol–water partition coefficient (Wildman–Crippen LogP) is 26.3. The molecule has 0 aliphatic heterocycles. The fourth-order valence-electron chi connectivity index (χ4n) is 16.1. The Morgan fingerprint density at radius 2 is 0.709 bits per heavy atom. The van der Waals surface area contributed by atoms with Gasteiger partial charge in [0.2, 0.25) is 17.1 Å². The molecule has 7 aromatic carbocycles. The molecule has 0 saturated carbocycles. The van der Waals surface area contributed by atoms with E-state index in [1.54, 1.807) is 48.5 Å². The molecule has 0 atom stereocenters. The Hall–Kier alpha value is -19.9. The third-order valence-corrected chi connectivity index (χ3v) is 20.6. The van der Waals surface area contributed by atoms with Crippen molar-refractivity contribution in [2.24, 2.45) is 0 Å². The van der Waals surface area contributed by atoms with E-state index in [1.165, 1.54) is 48.9 Å². The van der Waals surface area contributed by atoms with Crippen LogP contribution in [0.2, 0.25) is 0 Å². The molecule has 2 heterocycles. The minimum Gasteiger partial charge on any atom is -0.488 e. The first-order valence-electron chi connectivity index (χ1n) is 38.5. The fraction of sp³-hybridized carbons (Fsp3) is 0.0980. The lowest BCUT2D eigenvalue weighted by atomic mass is 9.79. The van der Waals surface area contributed by atoms with Crippen molar-refractivity contribution in [2.45, 2.75) is 65.5 Å². The van der Waals surface area contributed by atoms with Gasteiger partial charge in [0.25, 0.3) is 22.8 Å². The van der Waals surface area contributed by atoms with Crippen molar-refractivity contribution >= 4 is 78.4 Å². The van der Waals surface area contributed by atoms with Gasteiger partial charge in [0.05, 0.1) is 111 Å². The molecule has 32 heteroatoms. The lowest BCUT2D eigenvalue weighted by Crippen LogP contribution is -2.22. The van der Waals surface area contributed by atoms with Crippen molar-refractivity contribution in [1.29, 1.82) is 42.1 Å². The molecule has 0 N–H and O–H groups in total. The molecule has 0 amide bonds. The van der Waals surface area contributed by atoms with Crippen LogP contribution in [0.15, 0.2) is 216 Å². The highest BCUT2D eigenvalue weighted by Crippen LogP contribution is 2.64. The lowest BCUT2D eigenvalue weighted by Gasteiger charge is -2.23. The first-order chi connectivity index (χ1) is 64.0. The number of alkyl halides is 6. The van der Waals surface area contributed by atoms with Crippen LogP contribution < -0.4 is 18.9 Å². The van der Waals surface area contributed by atoms with E-state index in [4.69, 9.17) is 62.1 Å². The number of hydrogen-bond acceptors (Lipinski definition) is 14. The molecule has 2 aromatic heterocycles. The quantitative estimate of drug-likeness (QED) is 0.0699. The number of rotatable bonds is 10. The van der Waals surface area contributed by atoms with Crippen LogP contribution in [-0.2, 0) is 0 Å². The van der Waals surface area contributed by atoms with E-state index in [-0.39, 0.29) is 67.1 Å². The Labute approximate surface area is 756 Å². The smallest absolute Gasteiger partial charge is 0.488 e. The largest absolute Gasteiger partial charge is 0.573 e. The van der Waals surface area contributed by atoms with Gasteiger partial charge in [-0.3, -0.25) is 9.97 Å². The molecule has 6 aliphatic rings. The summed E-state index contributed by atoms with van der Waals surface area (Å²) in [5, 5.41) is 79.6. The van der Waals surface area contributed by atoms with Gasteiger partial charge in [-0.05, 0) is 209 Å². The monoisotopic (exact) mass is 1780 g/mol. The van der Waals surface area contributed by atoms with Crippen molar-refractivity contribution in [1.82, 2.24) is 9.97 Å². The average Bonchev–Trinajstić information content (AvgIpc) is 1.53.